The van der Waals surface area contributed by atoms with E-state index in [4.69, 9.17) is 0 Å². The number of guanidine groups is 1. The highest BCUT2D eigenvalue weighted by atomic mass is 127. The van der Waals surface area contributed by atoms with Crippen LogP contribution in [0.25, 0.3) is 0 Å². The fraction of sp³-hybridized carbons (Fsp3) is 0.400. The Kier molecular flexibility index (Phi) is 9.10. The number of aryl methyl sites for hydroxylation is 1. The summed E-state index contributed by atoms with van der Waals surface area (Å²) in [7, 11) is 1.74. The molecule has 2 amide bonds. The number of hydrogen-bond donors (Lipinski definition) is 2. The Balaban J connectivity index is 0.00000300. The van der Waals surface area contributed by atoms with E-state index in [1.165, 1.54) is 4.90 Å². The predicted molar refractivity (Wildman–Crippen MR) is 123 cm³/mol. The van der Waals surface area contributed by atoms with Crippen LogP contribution >= 0.6 is 24.0 Å². The molecule has 1 aliphatic heterocycles. The molecular weight excluding hydrogens is 483 g/mol. The maximum Gasteiger partial charge on any atom is 0.261 e. The van der Waals surface area contributed by atoms with Crippen molar-refractivity contribution < 1.29 is 9.59 Å². The van der Waals surface area contributed by atoms with Gasteiger partial charge in [-0.15, -0.1) is 24.0 Å². The Hall–Kier alpha value is -2.43. The molecule has 1 aromatic carbocycles. The van der Waals surface area contributed by atoms with E-state index < -0.39 is 0 Å². The predicted octanol–water partition coefficient (Wildman–Crippen LogP) is 2.13. The van der Waals surface area contributed by atoms with Crippen molar-refractivity contribution >= 4 is 41.8 Å². The minimum Gasteiger partial charge on any atom is -0.356 e. The second-order valence-electron chi connectivity index (χ2n) is 6.56. The molecule has 9 heteroatoms. The SMILES string of the molecule is CN=C(NCCCCN1C(=O)c2ccccc2C1=O)NCCCn1cccn1.I. The van der Waals surface area contributed by atoms with Crippen LogP contribution in [-0.4, -0.2) is 59.1 Å². The molecule has 0 bridgehead atoms. The summed E-state index contributed by atoms with van der Waals surface area (Å²) < 4.78 is 1.90. The highest BCUT2D eigenvalue weighted by Crippen LogP contribution is 2.22. The Morgan fingerprint density at radius 2 is 1.62 bits per heavy atom. The van der Waals surface area contributed by atoms with Crippen molar-refractivity contribution in [3.05, 3.63) is 53.9 Å². The molecule has 0 fully saturated rings. The number of fused-ring (bicyclic) bond motifs is 1. The third-order valence-corrected chi connectivity index (χ3v) is 4.62. The Morgan fingerprint density at radius 1 is 0.966 bits per heavy atom. The molecule has 0 spiro atoms. The highest BCUT2D eigenvalue weighted by Gasteiger charge is 2.34. The van der Waals surface area contributed by atoms with Crippen molar-refractivity contribution in [2.45, 2.75) is 25.8 Å². The average molecular weight is 510 g/mol. The summed E-state index contributed by atoms with van der Waals surface area (Å²) >= 11 is 0. The van der Waals surface area contributed by atoms with E-state index in [1.54, 1.807) is 37.5 Å². The van der Waals surface area contributed by atoms with Crippen LogP contribution in [0.5, 0.6) is 0 Å². The minimum atomic E-state index is -0.191. The van der Waals surface area contributed by atoms with Crippen molar-refractivity contribution in [3.8, 4) is 0 Å². The molecular formula is C20H27IN6O2. The molecule has 0 atom stereocenters. The van der Waals surface area contributed by atoms with Gasteiger partial charge in [0.05, 0.1) is 11.1 Å². The lowest BCUT2D eigenvalue weighted by Gasteiger charge is -2.15. The van der Waals surface area contributed by atoms with Crippen molar-refractivity contribution in [2.75, 3.05) is 26.7 Å². The number of benzene rings is 1. The van der Waals surface area contributed by atoms with Gasteiger partial charge in [0, 0.05) is 45.6 Å². The fourth-order valence-electron chi connectivity index (χ4n) is 3.15. The topological polar surface area (TPSA) is 91.6 Å². The summed E-state index contributed by atoms with van der Waals surface area (Å²) in [5.74, 6) is 0.368. The van der Waals surface area contributed by atoms with Crippen molar-refractivity contribution in [1.29, 1.82) is 0 Å². The van der Waals surface area contributed by atoms with Crippen LogP contribution < -0.4 is 10.6 Å². The summed E-state index contributed by atoms with van der Waals surface area (Å²) in [5, 5.41) is 10.7. The zero-order chi connectivity index (χ0) is 19.8. The standard InChI is InChI=1S/C20H26N6O2.HI/c1-21-20(23-11-6-13-25-14-7-12-24-25)22-10-4-5-15-26-18(27)16-8-2-3-9-17(16)19(26)28;/h2-3,7-9,12,14H,4-6,10-11,13,15H2,1H3,(H2,21,22,23);1H. The zero-order valence-corrected chi connectivity index (χ0v) is 18.8. The van der Waals surface area contributed by atoms with E-state index in [1.807, 2.05) is 16.9 Å². The molecule has 0 unspecified atom stereocenters. The van der Waals surface area contributed by atoms with Gasteiger partial charge >= 0.3 is 0 Å². The van der Waals surface area contributed by atoms with Crippen LogP contribution in [0.4, 0.5) is 0 Å². The summed E-state index contributed by atoms with van der Waals surface area (Å²) in [6.07, 6.45) is 6.25. The number of hydrogen-bond acceptors (Lipinski definition) is 4. The van der Waals surface area contributed by atoms with Gasteiger partial charge in [-0.1, -0.05) is 12.1 Å². The monoisotopic (exact) mass is 510 g/mol. The van der Waals surface area contributed by atoms with E-state index in [2.05, 4.69) is 20.7 Å². The maximum atomic E-state index is 12.3. The van der Waals surface area contributed by atoms with E-state index in [0.717, 1.165) is 44.9 Å². The first-order chi connectivity index (χ1) is 13.7. The Bertz CT molecular complexity index is 802. The molecule has 29 heavy (non-hydrogen) atoms. The van der Waals surface area contributed by atoms with E-state index >= 15 is 0 Å². The van der Waals surface area contributed by atoms with Gasteiger partial charge in [0.1, 0.15) is 0 Å². The number of carbonyl (C=O) groups is 2. The van der Waals surface area contributed by atoms with Gasteiger partial charge in [-0.25, -0.2) is 0 Å². The second-order valence-corrected chi connectivity index (χ2v) is 6.56. The molecule has 156 valence electrons. The van der Waals surface area contributed by atoms with Crippen molar-refractivity contribution in [1.82, 2.24) is 25.3 Å². The molecule has 3 rings (SSSR count). The van der Waals surface area contributed by atoms with Gasteiger partial charge in [-0.3, -0.25) is 24.2 Å². The van der Waals surface area contributed by atoms with Crippen LogP contribution in [0.15, 0.2) is 47.7 Å². The summed E-state index contributed by atoms with van der Waals surface area (Å²) in [5.41, 5.74) is 1.01. The lowest BCUT2D eigenvalue weighted by atomic mass is 10.1. The quantitative estimate of drug-likeness (QED) is 0.177. The number of halogens is 1. The van der Waals surface area contributed by atoms with E-state index in [-0.39, 0.29) is 35.8 Å². The van der Waals surface area contributed by atoms with Crippen LogP contribution in [0.3, 0.4) is 0 Å². The van der Waals surface area contributed by atoms with Crippen molar-refractivity contribution in [3.63, 3.8) is 0 Å². The number of unbranched alkanes of at least 4 members (excludes halogenated alkanes) is 1. The Morgan fingerprint density at radius 3 is 2.21 bits per heavy atom. The third kappa shape index (κ3) is 6.02. The fourth-order valence-corrected chi connectivity index (χ4v) is 3.15. The molecule has 2 aromatic rings. The molecule has 8 nitrogen and oxygen atoms in total. The van der Waals surface area contributed by atoms with Gasteiger partial charge in [0.15, 0.2) is 5.96 Å². The van der Waals surface area contributed by atoms with Gasteiger partial charge < -0.3 is 10.6 Å². The number of imide groups is 1. The average Bonchev–Trinajstić information content (AvgIpc) is 3.32. The van der Waals surface area contributed by atoms with Crippen molar-refractivity contribution in [2.24, 2.45) is 4.99 Å². The number of nitrogens with zero attached hydrogens (tertiary/aromatic N) is 4. The number of aliphatic imine (C=N–C) groups is 1. The number of nitrogens with one attached hydrogen (secondary N) is 2. The number of rotatable bonds is 9. The molecule has 1 aliphatic rings. The van der Waals surface area contributed by atoms with Gasteiger partial charge in [0.2, 0.25) is 0 Å². The summed E-state index contributed by atoms with van der Waals surface area (Å²) in [4.78, 5) is 30.2. The molecule has 2 heterocycles. The minimum absolute atomic E-state index is 0. The number of amides is 2. The van der Waals surface area contributed by atoms with Crippen LogP contribution in [0.1, 0.15) is 40.0 Å². The van der Waals surface area contributed by atoms with E-state index in [9.17, 15) is 9.59 Å². The summed E-state index contributed by atoms with van der Waals surface area (Å²) in [6, 6.07) is 8.89. The molecule has 0 radical (unpaired) electrons. The Labute approximate surface area is 187 Å². The lowest BCUT2D eigenvalue weighted by Crippen LogP contribution is -2.38. The van der Waals surface area contributed by atoms with Crippen LogP contribution in [0, 0.1) is 0 Å². The van der Waals surface area contributed by atoms with Gasteiger partial charge in [-0.05, 0) is 37.5 Å². The first-order valence-corrected chi connectivity index (χ1v) is 9.58. The molecule has 0 aliphatic carbocycles. The second kappa shape index (κ2) is 11.5. The lowest BCUT2D eigenvalue weighted by molar-refractivity contribution is 0.0652. The third-order valence-electron chi connectivity index (χ3n) is 4.62. The zero-order valence-electron chi connectivity index (χ0n) is 16.5. The number of carbonyl (C=O) groups excluding carboxylic acids is 2. The maximum absolute atomic E-state index is 12.3. The first kappa shape index (κ1) is 22.9. The molecule has 0 saturated carbocycles. The normalized spacial score (nSPS) is 13.3. The van der Waals surface area contributed by atoms with Crippen LogP contribution in [0.2, 0.25) is 0 Å². The van der Waals surface area contributed by atoms with E-state index in [0.29, 0.717) is 17.7 Å². The first-order valence-electron chi connectivity index (χ1n) is 9.58. The van der Waals surface area contributed by atoms with Crippen LogP contribution in [-0.2, 0) is 6.54 Å². The highest BCUT2D eigenvalue weighted by molar-refractivity contribution is 14.0. The molecule has 0 saturated heterocycles. The molecule has 1 aromatic heterocycles. The van der Waals surface area contributed by atoms with Gasteiger partial charge in [-0.2, -0.15) is 5.10 Å². The number of aromatic nitrogens is 2. The molecule has 2 N–H and O–H groups in total. The smallest absolute Gasteiger partial charge is 0.261 e. The largest absolute Gasteiger partial charge is 0.356 e. The van der Waals surface area contributed by atoms with Gasteiger partial charge in [0.25, 0.3) is 11.8 Å². The summed E-state index contributed by atoms with van der Waals surface area (Å²) in [6.45, 7) is 2.82.